The third-order valence-electron chi connectivity index (χ3n) is 1.60. The van der Waals surface area contributed by atoms with Crippen LogP contribution in [-0.2, 0) is 11.2 Å². The Balaban J connectivity index is 2.58. The van der Waals surface area contributed by atoms with Gasteiger partial charge in [0.25, 0.3) is 0 Å². The monoisotopic (exact) mass is 263 g/mol. The molecule has 1 aromatic rings. The van der Waals surface area contributed by atoms with Crippen LogP contribution in [0.1, 0.15) is 5.69 Å². The van der Waals surface area contributed by atoms with Gasteiger partial charge >= 0.3 is 0 Å². The van der Waals surface area contributed by atoms with Gasteiger partial charge in [0.15, 0.2) is 0 Å². The number of alkyl halides is 1. The highest BCUT2D eigenvalue weighted by Crippen LogP contribution is 2.16. The lowest BCUT2D eigenvalue weighted by atomic mass is 10.2. The highest BCUT2D eigenvalue weighted by molar-refractivity contribution is 9.10. The zero-order valence-electron chi connectivity index (χ0n) is 7.34. The number of methoxy groups -OCH3 is 1. The predicted octanol–water partition coefficient (Wildman–Crippen LogP) is 2.64. The molecule has 0 saturated carbocycles. The Labute approximate surface area is 91.4 Å². The maximum Gasteiger partial charge on any atom is 0.0630 e. The molecule has 13 heavy (non-hydrogen) atoms. The Bertz CT molecular complexity index is 270. The number of pyridine rings is 1. The average Bonchev–Trinajstić information content (AvgIpc) is 2.09. The van der Waals surface area contributed by atoms with Crippen LogP contribution in [0.25, 0.3) is 0 Å². The quantitative estimate of drug-likeness (QED) is 0.780. The van der Waals surface area contributed by atoms with E-state index < -0.39 is 0 Å². The average molecular weight is 265 g/mol. The summed E-state index contributed by atoms with van der Waals surface area (Å²) in [6.07, 6.45) is 2.48. The van der Waals surface area contributed by atoms with E-state index >= 15 is 0 Å². The first kappa shape index (κ1) is 11.0. The first-order chi connectivity index (χ1) is 6.24. The van der Waals surface area contributed by atoms with E-state index in [-0.39, 0.29) is 5.38 Å². The molecule has 0 fully saturated rings. The van der Waals surface area contributed by atoms with Crippen LogP contribution in [0.5, 0.6) is 0 Å². The fourth-order valence-corrected chi connectivity index (χ4v) is 1.71. The molecular formula is C9H11BrClNO. The Morgan fingerprint density at radius 3 is 3.08 bits per heavy atom. The van der Waals surface area contributed by atoms with Crippen LogP contribution >= 0.6 is 27.5 Å². The van der Waals surface area contributed by atoms with E-state index in [2.05, 4.69) is 20.9 Å². The Morgan fingerprint density at radius 1 is 1.69 bits per heavy atom. The number of ether oxygens (including phenoxy) is 1. The maximum absolute atomic E-state index is 6.00. The second-order valence-corrected chi connectivity index (χ2v) is 4.16. The minimum Gasteiger partial charge on any atom is -0.383 e. The molecule has 1 aromatic heterocycles. The topological polar surface area (TPSA) is 22.1 Å². The second kappa shape index (κ2) is 5.58. The van der Waals surface area contributed by atoms with Gasteiger partial charge in [-0.25, -0.2) is 0 Å². The number of hydrogen-bond donors (Lipinski definition) is 0. The molecule has 0 amide bonds. The standard InChI is InChI=1S/C9H11BrClNO/c1-13-6-7(11)5-9-8(10)3-2-4-12-9/h2-4,7H,5-6H2,1H3. The molecule has 1 atom stereocenters. The van der Waals surface area contributed by atoms with Gasteiger partial charge in [0.1, 0.15) is 0 Å². The van der Waals surface area contributed by atoms with Crippen molar-refractivity contribution in [2.24, 2.45) is 0 Å². The van der Waals surface area contributed by atoms with Crippen molar-refractivity contribution in [1.82, 2.24) is 4.98 Å². The van der Waals surface area contributed by atoms with Crippen LogP contribution in [0.15, 0.2) is 22.8 Å². The molecule has 0 aliphatic rings. The summed E-state index contributed by atoms with van der Waals surface area (Å²) in [7, 11) is 1.64. The zero-order valence-corrected chi connectivity index (χ0v) is 9.68. The SMILES string of the molecule is COCC(Cl)Cc1ncccc1Br. The summed E-state index contributed by atoms with van der Waals surface area (Å²) in [5.41, 5.74) is 0.972. The first-order valence-corrected chi connectivity index (χ1v) is 5.19. The summed E-state index contributed by atoms with van der Waals surface area (Å²) in [6, 6.07) is 3.84. The van der Waals surface area contributed by atoms with Gasteiger partial charge in [-0.05, 0) is 28.1 Å². The summed E-state index contributed by atoms with van der Waals surface area (Å²) >= 11 is 9.42. The summed E-state index contributed by atoms with van der Waals surface area (Å²) in [4.78, 5) is 4.21. The van der Waals surface area contributed by atoms with Crippen molar-refractivity contribution in [3.8, 4) is 0 Å². The molecule has 0 saturated heterocycles. The molecule has 72 valence electrons. The summed E-state index contributed by atoms with van der Waals surface area (Å²) in [6.45, 7) is 0.546. The van der Waals surface area contributed by atoms with Crippen molar-refractivity contribution in [3.63, 3.8) is 0 Å². The highest BCUT2D eigenvalue weighted by Gasteiger charge is 2.08. The van der Waals surface area contributed by atoms with Crippen LogP contribution in [-0.4, -0.2) is 24.1 Å². The van der Waals surface area contributed by atoms with Crippen molar-refractivity contribution in [2.45, 2.75) is 11.8 Å². The molecule has 1 rings (SSSR count). The lowest BCUT2D eigenvalue weighted by Gasteiger charge is -2.08. The number of halogens is 2. The lowest BCUT2D eigenvalue weighted by molar-refractivity contribution is 0.197. The number of nitrogens with zero attached hydrogens (tertiary/aromatic N) is 1. The normalized spacial score (nSPS) is 12.8. The first-order valence-electron chi connectivity index (χ1n) is 3.96. The van der Waals surface area contributed by atoms with Gasteiger partial charge in [0.05, 0.1) is 17.7 Å². The van der Waals surface area contributed by atoms with Gasteiger partial charge in [-0.15, -0.1) is 11.6 Å². The molecule has 0 spiro atoms. The second-order valence-electron chi connectivity index (χ2n) is 2.69. The van der Waals surface area contributed by atoms with Gasteiger partial charge in [0, 0.05) is 24.2 Å². The van der Waals surface area contributed by atoms with E-state index in [0.717, 1.165) is 16.6 Å². The number of rotatable bonds is 4. The maximum atomic E-state index is 6.00. The third kappa shape index (κ3) is 3.63. The molecule has 0 bridgehead atoms. The summed E-state index contributed by atoms with van der Waals surface area (Å²) < 4.78 is 5.94. The van der Waals surface area contributed by atoms with E-state index in [4.69, 9.17) is 16.3 Å². The zero-order chi connectivity index (χ0) is 9.68. The minimum atomic E-state index is -0.0174. The van der Waals surface area contributed by atoms with E-state index in [0.29, 0.717) is 6.61 Å². The Kier molecular flexibility index (Phi) is 4.70. The molecule has 0 aliphatic carbocycles. The molecule has 1 heterocycles. The van der Waals surface area contributed by atoms with Crippen molar-refractivity contribution < 1.29 is 4.74 Å². The van der Waals surface area contributed by atoms with Crippen molar-refractivity contribution in [1.29, 1.82) is 0 Å². The molecule has 1 unspecified atom stereocenters. The fraction of sp³-hybridized carbons (Fsp3) is 0.444. The minimum absolute atomic E-state index is 0.0174. The molecule has 0 aliphatic heterocycles. The molecular weight excluding hydrogens is 253 g/mol. The Hall–Kier alpha value is -0.120. The van der Waals surface area contributed by atoms with Crippen molar-refractivity contribution >= 4 is 27.5 Å². The molecule has 0 aromatic carbocycles. The summed E-state index contributed by atoms with van der Waals surface area (Å²) in [5, 5.41) is -0.0174. The van der Waals surface area contributed by atoms with Crippen molar-refractivity contribution in [3.05, 3.63) is 28.5 Å². The van der Waals surface area contributed by atoms with E-state index in [1.54, 1.807) is 13.3 Å². The number of aromatic nitrogens is 1. The van der Waals surface area contributed by atoms with Gasteiger partial charge in [-0.2, -0.15) is 0 Å². The summed E-state index contributed by atoms with van der Waals surface area (Å²) in [5.74, 6) is 0. The third-order valence-corrected chi connectivity index (χ3v) is 2.60. The fourth-order valence-electron chi connectivity index (χ4n) is 1.02. The van der Waals surface area contributed by atoms with E-state index in [1.165, 1.54) is 0 Å². The van der Waals surface area contributed by atoms with Crippen LogP contribution in [0.2, 0.25) is 0 Å². The van der Waals surface area contributed by atoms with Gasteiger partial charge in [-0.1, -0.05) is 0 Å². The van der Waals surface area contributed by atoms with Gasteiger partial charge < -0.3 is 4.74 Å². The largest absolute Gasteiger partial charge is 0.383 e. The van der Waals surface area contributed by atoms with Crippen LogP contribution in [0.3, 0.4) is 0 Å². The molecule has 2 nitrogen and oxygen atoms in total. The van der Waals surface area contributed by atoms with E-state index in [9.17, 15) is 0 Å². The highest BCUT2D eigenvalue weighted by atomic mass is 79.9. The van der Waals surface area contributed by atoms with Gasteiger partial charge in [-0.3, -0.25) is 4.98 Å². The van der Waals surface area contributed by atoms with Crippen molar-refractivity contribution in [2.75, 3.05) is 13.7 Å². The Morgan fingerprint density at radius 2 is 2.46 bits per heavy atom. The van der Waals surface area contributed by atoms with Gasteiger partial charge in [0.2, 0.25) is 0 Å². The number of hydrogen-bond acceptors (Lipinski definition) is 2. The van der Waals surface area contributed by atoms with Crippen LogP contribution in [0, 0.1) is 0 Å². The smallest absolute Gasteiger partial charge is 0.0630 e. The molecule has 0 N–H and O–H groups in total. The molecule has 4 heteroatoms. The predicted molar refractivity (Wildman–Crippen MR) is 57.2 cm³/mol. The molecule has 0 radical (unpaired) electrons. The van der Waals surface area contributed by atoms with E-state index in [1.807, 2.05) is 12.1 Å². The van der Waals surface area contributed by atoms with Crippen LogP contribution in [0.4, 0.5) is 0 Å². The van der Waals surface area contributed by atoms with Crippen LogP contribution < -0.4 is 0 Å². The lowest BCUT2D eigenvalue weighted by Crippen LogP contribution is -2.11.